The second-order valence-corrected chi connectivity index (χ2v) is 7.33. The highest BCUT2D eigenvalue weighted by molar-refractivity contribution is 6.04. The van der Waals surface area contributed by atoms with Crippen LogP contribution < -0.4 is 14.8 Å². The van der Waals surface area contributed by atoms with E-state index in [1.807, 2.05) is 55.5 Å². The zero-order valence-corrected chi connectivity index (χ0v) is 17.3. The van der Waals surface area contributed by atoms with Gasteiger partial charge in [-0.2, -0.15) is 0 Å². The van der Waals surface area contributed by atoms with E-state index in [2.05, 4.69) is 19.2 Å². The van der Waals surface area contributed by atoms with Gasteiger partial charge in [0, 0.05) is 11.3 Å². The molecule has 5 nitrogen and oxygen atoms in total. The van der Waals surface area contributed by atoms with E-state index < -0.39 is 5.97 Å². The summed E-state index contributed by atoms with van der Waals surface area (Å²) in [5.41, 5.74) is 3.52. The van der Waals surface area contributed by atoms with Crippen molar-refractivity contribution >= 4 is 17.6 Å². The van der Waals surface area contributed by atoms with E-state index in [0.29, 0.717) is 23.0 Å². The van der Waals surface area contributed by atoms with Gasteiger partial charge >= 0.3 is 5.97 Å². The van der Waals surface area contributed by atoms with Crippen LogP contribution in [-0.4, -0.2) is 18.5 Å². The number of hydrogen-bond donors (Lipinski definition) is 1. The molecule has 0 saturated carbocycles. The summed E-state index contributed by atoms with van der Waals surface area (Å²) in [5.74, 6) is 0.653. The lowest BCUT2D eigenvalue weighted by Crippen LogP contribution is -2.18. The van der Waals surface area contributed by atoms with Crippen LogP contribution in [-0.2, 0) is 4.79 Å². The molecule has 0 aliphatic heterocycles. The Hall–Kier alpha value is -3.60. The van der Waals surface area contributed by atoms with Crippen molar-refractivity contribution in [3.63, 3.8) is 0 Å². The van der Waals surface area contributed by atoms with Gasteiger partial charge in [-0.05, 0) is 66.9 Å². The Kier molecular flexibility index (Phi) is 6.86. The smallest absolute Gasteiger partial charge is 0.349 e. The van der Waals surface area contributed by atoms with Crippen LogP contribution in [0.5, 0.6) is 11.5 Å². The summed E-state index contributed by atoms with van der Waals surface area (Å²) < 4.78 is 10.7. The van der Waals surface area contributed by atoms with Gasteiger partial charge in [-0.3, -0.25) is 4.79 Å². The van der Waals surface area contributed by atoms with E-state index in [-0.39, 0.29) is 12.5 Å². The first-order valence-electron chi connectivity index (χ1n) is 9.82. The maximum Gasteiger partial charge on any atom is 0.349 e. The standard InChI is InChI=1S/C25H25NO4/c1-17(2)19-6-12-22(13-7-19)29-16-24(27)30-23-14-8-20(9-15-23)25(28)26-21-10-4-18(3)5-11-21/h4-15,17H,16H2,1-3H3,(H,26,28). The van der Waals surface area contributed by atoms with Gasteiger partial charge in [-0.15, -0.1) is 0 Å². The summed E-state index contributed by atoms with van der Waals surface area (Å²) in [7, 11) is 0. The number of amides is 1. The van der Waals surface area contributed by atoms with Gasteiger partial charge in [0.1, 0.15) is 11.5 Å². The molecule has 0 aromatic heterocycles. The minimum atomic E-state index is -0.514. The van der Waals surface area contributed by atoms with Gasteiger partial charge in [-0.1, -0.05) is 43.7 Å². The second-order valence-electron chi connectivity index (χ2n) is 7.33. The molecule has 1 amide bonds. The SMILES string of the molecule is Cc1ccc(NC(=O)c2ccc(OC(=O)COc3ccc(C(C)C)cc3)cc2)cc1. The lowest BCUT2D eigenvalue weighted by atomic mass is 10.0. The van der Waals surface area contributed by atoms with Crippen LogP contribution in [0.25, 0.3) is 0 Å². The maximum atomic E-state index is 12.3. The topological polar surface area (TPSA) is 64.6 Å². The molecule has 1 N–H and O–H groups in total. The number of carbonyl (C=O) groups is 2. The van der Waals surface area contributed by atoms with Crippen LogP contribution in [0.4, 0.5) is 5.69 Å². The molecule has 154 valence electrons. The van der Waals surface area contributed by atoms with Crippen molar-refractivity contribution in [2.24, 2.45) is 0 Å². The van der Waals surface area contributed by atoms with Crippen LogP contribution in [0.3, 0.4) is 0 Å². The van der Waals surface area contributed by atoms with E-state index in [1.165, 1.54) is 5.56 Å². The quantitative estimate of drug-likeness (QED) is 0.426. The third kappa shape index (κ3) is 5.95. The highest BCUT2D eigenvalue weighted by Gasteiger charge is 2.10. The predicted octanol–water partition coefficient (Wildman–Crippen LogP) is 5.36. The predicted molar refractivity (Wildman–Crippen MR) is 117 cm³/mol. The highest BCUT2D eigenvalue weighted by atomic mass is 16.6. The molecule has 0 bridgehead atoms. The van der Waals surface area contributed by atoms with Gasteiger partial charge in [0.2, 0.25) is 0 Å². The van der Waals surface area contributed by atoms with Crippen molar-refractivity contribution in [2.45, 2.75) is 26.7 Å². The number of nitrogens with one attached hydrogen (secondary N) is 1. The molecule has 0 atom stereocenters. The lowest BCUT2D eigenvalue weighted by molar-refractivity contribution is -0.136. The van der Waals surface area contributed by atoms with Crippen LogP contribution in [0.15, 0.2) is 72.8 Å². The van der Waals surface area contributed by atoms with Crippen LogP contribution >= 0.6 is 0 Å². The molecule has 0 fully saturated rings. The van der Waals surface area contributed by atoms with Crippen LogP contribution in [0.1, 0.15) is 41.3 Å². The number of benzene rings is 3. The first-order valence-corrected chi connectivity index (χ1v) is 9.82. The van der Waals surface area contributed by atoms with Gasteiger partial charge in [0.05, 0.1) is 0 Å². The van der Waals surface area contributed by atoms with Gasteiger partial charge in [0.15, 0.2) is 6.61 Å². The Bertz CT molecular complexity index is 991. The maximum absolute atomic E-state index is 12.3. The van der Waals surface area contributed by atoms with E-state index in [4.69, 9.17) is 9.47 Å². The zero-order valence-electron chi connectivity index (χ0n) is 17.3. The summed E-state index contributed by atoms with van der Waals surface area (Å²) in [6.45, 7) is 6.02. The fraction of sp³-hybridized carbons (Fsp3) is 0.200. The van der Waals surface area contributed by atoms with E-state index in [1.54, 1.807) is 24.3 Å². The summed E-state index contributed by atoms with van der Waals surface area (Å²) in [5, 5.41) is 2.83. The monoisotopic (exact) mass is 403 g/mol. The minimum Gasteiger partial charge on any atom is -0.482 e. The molecule has 0 saturated heterocycles. The van der Waals surface area contributed by atoms with Crippen molar-refractivity contribution in [2.75, 3.05) is 11.9 Å². The number of aryl methyl sites for hydroxylation is 1. The van der Waals surface area contributed by atoms with Gasteiger partial charge < -0.3 is 14.8 Å². The first kappa shape index (κ1) is 21.1. The molecule has 0 unspecified atom stereocenters. The average Bonchev–Trinajstić information content (AvgIpc) is 2.74. The molecular formula is C25H25NO4. The Morgan fingerprint density at radius 1 is 0.833 bits per heavy atom. The number of ether oxygens (including phenoxy) is 2. The van der Waals surface area contributed by atoms with Crippen molar-refractivity contribution in [3.05, 3.63) is 89.5 Å². The second kappa shape index (κ2) is 9.74. The Morgan fingerprint density at radius 2 is 1.43 bits per heavy atom. The van der Waals surface area contributed by atoms with Crippen LogP contribution in [0, 0.1) is 6.92 Å². The molecule has 0 aliphatic rings. The minimum absolute atomic E-state index is 0.198. The number of esters is 1. The lowest BCUT2D eigenvalue weighted by Gasteiger charge is -2.09. The number of hydrogen-bond acceptors (Lipinski definition) is 4. The molecular weight excluding hydrogens is 378 g/mol. The molecule has 0 heterocycles. The van der Waals surface area contributed by atoms with Crippen LogP contribution in [0.2, 0.25) is 0 Å². The number of rotatable bonds is 7. The number of anilines is 1. The highest BCUT2D eigenvalue weighted by Crippen LogP contribution is 2.19. The Morgan fingerprint density at radius 3 is 2.03 bits per heavy atom. The van der Waals surface area contributed by atoms with Gasteiger partial charge in [0.25, 0.3) is 5.91 Å². The van der Waals surface area contributed by atoms with E-state index in [0.717, 1.165) is 11.3 Å². The summed E-state index contributed by atoms with van der Waals surface area (Å²) in [6, 6.07) is 21.6. The zero-order chi connectivity index (χ0) is 21.5. The molecule has 0 aliphatic carbocycles. The van der Waals surface area contributed by atoms with E-state index >= 15 is 0 Å². The van der Waals surface area contributed by atoms with Crippen molar-refractivity contribution in [1.29, 1.82) is 0 Å². The van der Waals surface area contributed by atoms with Crippen molar-refractivity contribution in [3.8, 4) is 11.5 Å². The third-order valence-corrected chi connectivity index (χ3v) is 4.56. The normalized spacial score (nSPS) is 10.5. The summed E-state index contributed by atoms with van der Waals surface area (Å²) in [4.78, 5) is 24.3. The molecule has 3 aromatic rings. The molecule has 30 heavy (non-hydrogen) atoms. The molecule has 3 rings (SSSR count). The Labute approximate surface area is 176 Å². The van der Waals surface area contributed by atoms with Crippen molar-refractivity contribution in [1.82, 2.24) is 0 Å². The third-order valence-electron chi connectivity index (χ3n) is 4.56. The number of carbonyl (C=O) groups excluding carboxylic acids is 2. The molecule has 0 radical (unpaired) electrons. The largest absolute Gasteiger partial charge is 0.482 e. The fourth-order valence-corrected chi connectivity index (χ4v) is 2.77. The summed E-state index contributed by atoms with van der Waals surface area (Å²) in [6.07, 6.45) is 0. The summed E-state index contributed by atoms with van der Waals surface area (Å²) >= 11 is 0. The Balaban J connectivity index is 1.50. The van der Waals surface area contributed by atoms with Crippen molar-refractivity contribution < 1.29 is 19.1 Å². The molecule has 5 heteroatoms. The first-order chi connectivity index (χ1) is 14.4. The fourth-order valence-electron chi connectivity index (χ4n) is 2.77. The van der Waals surface area contributed by atoms with E-state index in [9.17, 15) is 9.59 Å². The molecule has 0 spiro atoms. The van der Waals surface area contributed by atoms with Gasteiger partial charge in [-0.25, -0.2) is 4.79 Å². The average molecular weight is 403 g/mol. The molecule has 3 aromatic carbocycles.